The third kappa shape index (κ3) is 9.45. The minimum absolute atomic E-state index is 0.0940. The molecule has 0 fully saturated rings. The molecule has 0 spiro atoms. The highest BCUT2D eigenvalue weighted by molar-refractivity contribution is 6.32. The Kier molecular flexibility index (Phi) is 13.4. The van der Waals surface area contributed by atoms with Gasteiger partial charge in [0.2, 0.25) is 5.96 Å². The van der Waals surface area contributed by atoms with E-state index in [1.807, 2.05) is 0 Å². The molecule has 21 rings (SSSR count). The van der Waals surface area contributed by atoms with Crippen molar-refractivity contribution in [1.29, 1.82) is 0 Å². The Morgan fingerprint density at radius 3 is 1.69 bits per heavy atom. The van der Waals surface area contributed by atoms with E-state index < -0.39 is 0 Å². The number of nitrogens with one attached hydrogen (secondary N) is 1. The summed E-state index contributed by atoms with van der Waals surface area (Å²) in [5.41, 5.74) is 24.7. The van der Waals surface area contributed by atoms with E-state index in [9.17, 15) is 0 Å². The first-order chi connectivity index (χ1) is 51.2. The van der Waals surface area contributed by atoms with E-state index in [-0.39, 0.29) is 11.5 Å². The van der Waals surface area contributed by atoms with Crippen molar-refractivity contribution in [2.45, 2.75) is 38.1 Å². The summed E-state index contributed by atoms with van der Waals surface area (Å²) < 4.78 is 9.93. The van der Waals surface area contributed by atoms with Gasteiger partial charge in [-0.25, -0.2) is 4.99 Å². The van der Waals surface area contributed by atoms with Crippen molar-refractivity contribution in [2.75, 3.05) is 0 Å². The van der Waals surface area contributed by atoms with Crippen LogP contribution in [0, 0.1) is 0 Å². The normalized spacial score (nSPS) is 14.3. The fourth-order valence-electron chi connectivity index (χ4n) is 17.7. The SMILES string of the molecule is Cn1c2cc(C(C)(C)Cc3ccc(-c4cc(-c5ccccc5)cc(-n5c6cc7c(cc6c6c8ccccc8ccc65)c5ccc6ccccc6c5n7C5=CC=C(c6ccccc6)C5)c4)cc3)ccc2c2c3c4cc5ccccc5cc4n(C4=NC(c5ccccc5)=CC(c5ccccc5)N4)c3ccc21. The van der Waals surface area contributed by atoms with Crippen molar-refractivity contribution in [1.82, 2.24) is 23.6 Å². The molecule has 0 bridgehead atoms. The van der Waals surface area contributed by atoms with Crippen LogP contribution < -0.4 is 5.32 Å². The minimum Gasteiger partial charge on any atom is -0.345 e. The molecule has 492 valence electrons. The average molecular weight is 1330 g/mol. The molecule has 6 nitrogen and oxygen atoms in total. The molecule has 0 amide bonds. The second-order valence-electron chi connectivity index (χ2n) is 29.3. The number of hydrogen-bond acceptors (Lipinski definition) is 2. The molecule has 1 N–H and O–H groups in total. The second-order valence-corrected chi connectivity index (χ2v) is 29.3. The smallest absolute Gasteiger partial charge is 0.209 e. The van der Waals surface area contributed by atoms with Crippen molar-refractivity contribution in [3.8, 4) is 27.9 Å². The summed E-state index contributed by atoms with van der Waals surface area (Å²) in [6.07, 6.45) is 8.63. The van der Waals surface area contributed by atoms with Crippen LogP contribution in [-0.4, -0.2) is 24.2 Å². The maximum absolute atomic E-state index is 5.50. The Bertz CT molecular complexity index is 6930. The van der Waals surface area contributed by atoms with E-state index in [0.29, 0.717) is 0 Å². The fraction of sp³-hybridized carbons (Fsp3) is 0.0714. The molecule has 5 heterocycles. The van der Waals surface area contributed by atoms with Crippen molar-refractivity contribution in [3.63, 3.8) is 0 Å². The molecule has 2 aliphatic rings. The summed E-state index contributed by atoms with van der Waals surface area (Å²) in [7, 11) is 2.24. The van der Waals surface area contributed by atoms with Gasteiger partial charge in [-0.2, -0.15) is 0 Å². The molecule has 1 atom stereocenters. The zero-order valence-corrected chi connectivity index (χ0v) is 58.0. The number of aliphatic imine (C=N–C) groups is 1. The van der Waals surface area contributed by atoms with Crippen LogP contribution >= 0.6 is 0 Å². The predicted octanol–water partition coefficient (Wildman–Crippen LogP) is 24.9. The van der Waals surface area contributed by atoms with Gasteiger partial charge >= 0.3 is 0 Å². The lowest BCUT2D eigenvalue weighted by Gasteiger charge is -2.26. The highest BCUT2D eigenvalue weighted by atomic mass is 15.2. The number of nitrogens with zero attached hydrogens (tertiary/aromatic N) is 5. The van der Waals surface area contributed by atoms with Crippen LogP contribution in [0.2, 0.25) is 0 Å². The lowest BCUT2D eigenvalue weighted by Crippen LogP contribution is -2.35. The van der Waals surface area contributed by atoms with Crippen LogP contribution in [0.5, 0.6) is 0 Å². The number of aryl methyl sites for hydroxylation is 1. The summed E-state index contributed by atoms with van der Waals surface area (Å²) in [5.74, 6) is 0.801. The van der Waals surface area contributed by atoms with Gasteiger partial charge in [0.05, 0.1) is 44.8 Å². The third-order valence-electron chi connectivity index (χ3n) is 22.7. The van der Waals surface area contributed by atoms with Crippen LogP contribution in [0.25, 0.3) is 164 Å². The average Bonchev–Trinajstić information content (AvgIpc) is 1.55. The van der Waals surface area contributed by atoms with Crippen molar-refractivity contribution >= 4 is 142 Å². The highest BCUT2D eigenvalue weighted by Gasteiger charge is 2.29. The van der Waals surface area contributed by atoms with Gasteiger partial charge in [-0.05, 0) is 168 Å². The standard InChI is InChI=1S/C98H70N6/c1-98(2,74-43-46-80-89(56-74)101(3)86-48-49-88-95(94(80)86)82-54-69-32-16-17-33-70(69)55-90(82)104(88)97-99-84(67-28-12-6-13-29-67)58-85(100-97)68-30-14-7-15-31-68)60-61-36-38-64(39-37-61)73-50-72(63-24-10-5-11-25-63)52-76(53-73)102-87-47-42-65-26-18-20-34-77(65)93(87)83-57-81-79-45-41-66-27-19-21-35-78(66)96(79)103(91(81)59-92(83)102)75-44-40-71(51-75)62-22-8-4-9-23-62/h4-50,52-59,84H,51,60H2,1-3H3,(H,99,100). The maximum atomic E-state index is 5.50. The number of aromatic nitrogens is 4. The van der Waals surface area contributed by atoms with Gasteiger partial charge in [0.15, 0.2) is 0 Å². The van der Waals surface area contributed by atoms with Gasteiger partial charge in [-0.15, -0.1) is 0 Å². The molecule has 104 heavy (non-hydrogen) atoms. The number of benzene rings is 15. The largest absolute Gasteiger partial charge is 0.345 e. The summed E-state index contributed by atoms with van der Waals surface area (Å²) in [6.45, 7) is 4.81. The van der Waals surface area contributed by atoms with Gasteiger partial charge in [-0.3, -0.25) is 4.57 Å². The molecular weight excluding hydrogens is 1260 g/mol. The molecule has 15 aromatic carbocycles. The van der Waals surface area contributed by atoms with Crippen LogP contribution in [0.15, 0.2) is 339 Å². The van der Waals surface area contributed by atoms with Gasteiger partial charge in [-0.1, -0.05) is 269 Å². The predicted molar refractivity (Wildman–Crippen MR) is 440 cm³/mol. The molecule has 19 aromatic rings. The molecule has 4 aromatic heterocycles. The number of allylic oxidation sites excluding steroid dienone is 4. The monoisotopic (exact) mass is 1330 g/mol. The van der Waals surface area contributed by atoms with Crippen LogP contribution in [0.1, 0.15) is 54.1 Å². The minimum atomic E-state index is -0.208. The van der Waals surface area contributed by atoms with E-state index in [0.717, 1.165) is 46.8 Å². The molecule has 0 radical (unpaired) electrons. The lowest BCUT2D eigenvalue weighted by molar-refractivity contribution is 0.523. The van der Waals surface area contributed by atoms with Crippen LogP contribution in [-0.2, 0) is 18.9 Å². The Morgan fingerprint density at radius 1 is 0.375 bits per heavy atom. The van der Waals surface area contributed by atoms with E-state index in [1.165, 1.54) is 164 Å². The highest BCUT2D eigenvalue weighted by Crippen LogP contribution is 2.48. The molecule has 1 aliphatic heterocycles. The van der Waals surface area contributed by atoms with E-state index in [1.54, 1.807) is 0 Å². The number of hydrogen-bond donors (Lipinski definition) is 1. The van der Waals surface area contributed by atoms with Gasteiger partial charge in [0.25, 0.3) is 0 Å². The van der Waals surface area contributed by atoms with Crippen LogP contribution in [0.3, 0.4) is 0 Å². The summed E-state index contributed by atoms with van der Waals surface area (Å²) >= 11 is 0. The first-order valence-electron chi connectivity index (χ1n) is 36.3. The summed E-state index contributed by atoms with van der Waals surface area (Å²) in [6, 6.07) is 117. The Hall–Kier alpha value is -13.0. The molecule has 1 unspecified atom stereocenters. The first-order valence-corrected chi connectivity index (χ1v) is 36.3. The van der Waals surface area contributed by atoms with Crippen molar-refractivity contribution in [3.05, 3.63) is 361 Å². The first kappa shape index (κ1) is 59.8. The zero-order valence-electron chi connectivity index (χ0n) is 58.0. The number of fused-ring (bicyclic) bond motifs is 18. The Balaban J connectivity index is 0.672. The lowest BCUT2D eigenvalue weighted by atomic mass is 9.78. The van der Waals surface area contributed by atoms with Gasteiger partial charge in [0, 0.05) is 89.9 Å². The maximum Gasteiger partial charge on any atom is 0.209 e. The molecule has 1 aliphatic carbocycles. The number of rotatable bonds is 10. The van der Waals surface area contributed by atoms with Gasteiger partial charge < -0.3 is 19.0 Å². The Labute approximate surface area is 601 Å². The molecule has 0 saturated carbocycles. The summed E-state index contributed by atoms with van der Waals surface area (Å²) in [5, 5.41) is 21.2. The van der Waals surface area contributed by atoms with E-state index >= 15 is 0 Å². The van der Waals surface area contributed by atoms with E-state index in [2.05, 4.69) is 378 Å². The third-order valence-corrected chi connectivity index (χ3v) is 22.7. The van der Waals surface area contributed by atoms with E-state index in [4.69, 9.17) is 4.99 Å². The molecular formula is C98H70N6. The van der Waals surface area contributed by atoms with Crippen molar-refractivity contribution < 1.29 is 0 Å². The van der Waals surface area contributed by atoms with Crippen molar-refractivity contribution in [2.24, 2.45) is 12.0 Å². The van der Waals surface area contributed by atoms with Gasteiger partial charge in [0.1, 0.15) is 0 Å². The zero-order chi connectivity index (χ0) is 68.9. The topological polar surface area (TPSA) is 44.1 Å². The Morgan fingerprint density at radius 2 is 0.942 bits per heavy atom. The molecule has 0 saturated heterocycles. The second kappa shape index (κ2) is 23.3. The quantitative estimate of drug-likeness (QED) is 0.146. The fourth-order valence-corrected chi connectivity index (χ4v) is 17.7. The summed E-state index contributed by atoms with van der Waals surface area (Å²) in [4.78, 5) is 5.50. The molecule has 6 heteroatoms. The van der Waals surface area contributed by atoms with Crippen LogP contribution in [0.4, 0.5) is 0 Å².